The summed E-state index contributed by atoms with van der Waals surface area (Å²) in [5.74, 6) is 2.51. The third kappa shape index (κ3) is 2.93. The van der Waals surface area contributed by atoms with E-state index < -0.39 is 0 Å². The number of thioether (sulfide) groups is 1. The molecule has 0 saturated carbocycles. The summed E-state index contributed by atoms with van der Waals surface area (Å²) in [6.07, 6.45) is 1.27. The van der Waals surface area contributed by atoms with E-state index in [1.54, 1.807) is 0 Å². The van der Waals surface area contributed by atoms with Crippen molar-refractivity contribution in [3.05, 3.63) is 28.2 Å². The second kappa shape index (κ2) is 5.94. The van der Waals surface area contributed by atoms with Crippen molar-refractivity contribution in [3.63, 3.8) is 0 Å². The lowest BCUT2D eigenvalue weighted by Crippen LogP contribution is -2.26. The standard InChI is InChI=1S/C12H17BrN2S/c13-11-2-3-12(10(8-11)9-14)15-4-1-6-16-7-5-15/h2-3,8H,1,4-7,9,14H2. The quantitative estimate of drug-likeness (QED) is 0.911. The van der Waals surface area contributed by atoms with E-state index in [1.807, 2.05) is 11.8 Å². The van der Waals surface area contributed by atoms with Gasteiger partial charge in [-0.25, -0.2) is 0 Å². The molecular weight excluding hydrogens is 284 g/mol. The molecule has 1 fully saturated rings. The van der Waals surface area contributed by atoms with E-state index in [1.165, 1.54) is 29.2 Å². The Morgan fingerprint density at radius 2 is 2.19 bits per heavy atom. The summed E-state index contributed by atoms with van der Waals surface area (Å²) in [5.41, 5.74) is 8.36. The molecule has 0 bridgehead atoms. The van der Waals surface area contributed by atoms with Crippen LogP contribution in [0, 0.1) is 0 Å². The van der Waals surface area contributed by atoms with Gasteiger partial charge in [-0.15, -0.1) is 0 Å². The molecule has 0 unspecified atom stereocenters. The summed E-state index contributed by atoms with van der Waals surface area (Å²) in [5, 5.41) is 0. The minimum Gasteiger partial charge on any atom is -0.370 e. The van der Waals surface area contributed by atoms with Gasteiger partial charge >= 0.3 is 0 Å². The molecule has 0 aromatic heterocycles. The van der Waals surface area contributed by atoms with E-state index in [0.717, 1.165) is 17.6 Å². The number of benzene rings is 1. The van der Waals surface area contributed by atoms with E-state index in [4.69, 9.17) is 5.73 Å². The molecule has 0 amide bonds. The molecular formula is C12H17BrN2S. The predicted molar refractivity (Wildman–Crippen MR) is 76.2 cm³/mol. The molecule has 2 rings (SSSR count). The van der Waals surface area contributed by atoms with Crippen LogP contribution >= 0.6 is 27.7 Å². The Morgan fingerprint density at radius 1 is 1.31 bits per heavy atom. The van der Waals surface area contributed by atoms with Gasteiger partial charge in [-0.2, -0.15) is 11.8 Å². The molecule has 2 N–H and O–H groups in total. The zero-order valence-electron chi connectivity index (χ0n) is 9.29. The van der Waals surface area contributed by atoms with Gasteiger partial charge in [0, 0.05) is 35.5 Å². The van der Waals surface area contributed by atoms with Crippen molar-refractivity contribution in [3.8, 4) is 0 Å². The first kappa shape index (κ1) is 12.3. The number of nitrogens with two attached hydrogens (primary N) is 1. The molecule has 1 aromatic carbocycles. The smallest absolute Gasteiger partial charge is 0.0412 e. The van der Waals surface area contributed by atoms with E-state index in [2.05, 4.69) is 39.0 Å². The van der Waals surface area contributed by atoms with Gasteiger partial charge in [-0.05, 0) is 35.9 Å². The van der Waals surface area contributed by atoms with Gasteiger partial charge in [-0.3, -0.25) is 0 Å². The number of halogens is 1. The summed E-state index contributed by atoms with van der Waals surface area (Å²) in [6.45, 7) is 2.90. The fourth-order valence-electron chi connectivity index (χ4n) is 2.01. The first-order chi connectivity index (χ1) is 7.81. The largest absolute Gasteiger partial charge is 0.370 e. The SMILES string of the molecule is NCc1cc(Br)ccc1N1CCCSCC1. The Hall–Kier alpha value is -0.190. The van der Waals surface area contributed by atoms with Crippen LogP contribution in [0.25, 0.3) is 0 Å². The Balaban J connectivity index is 2.23. The molecule has 88 valence electrons. The fraction of sp³-hybridized carbons (Fsp3) is 0.500. The Labute approximate surface area is 110 Å². The van der Waals surface area contributed by atoms with Crippen molar-refractivity contribution >= 4 is 33.4 Å². The zero-order valence-corrected chi connectivity index (χ0v) is 11.7. The van der Waals surface area contributed by atoms with Crippen LogP contribution in [0.2, 0.25) is 0 Å². The Morgan fingerprint density at radius 3 is 3.00 bits per heavy atom. The maximum Gasteiger partial charge on any atom is 0.0412 e. The van der Waals surface area contributed by atoms with Gasteiger partial charge in [0.15, 0.2) is 0 Å². The van der Waals surface area contributed by atoms with Crippen molar-refractivity contribution < 1.29 is 0 Å². The zero-order chi connectivity index (χ0) is 11.4. The average Bonchev–Trinajstić information content (AvgIpc) is 2.57. The van der Waals surface area contributed by atoms with E-state index >= 15 is 0 Å². The van der Waals surface area contributed by atoms with Gasteiger partial charge < -0.3 is 10.6 Å². The molecule has 0 aliphatic carbocycles. The van der Waals surface area contributed by atoms with Gasteiger partial charge in [0.05, 0.1) is 0 Å². The first-order valence-corrected chi connectivity index (χ1v) is 7.57. The highest BCUT2D eigenvalue weighted by Crippen LogP contribution is 2.26. The highest BCUT2D eigenvalue weighted by atomic mass is 79.9. The van der Waals surface area contributed by atoms with E-state index in [-0.39, 0.29) is 0 Å². The molecule has 1 aliphatic heterocycles. The predicted octanol–water partition coefficient (Wildman–Crippen LogP) is 2.85. The summed E-state index contributed by atoms with van der Waals surface area (Å²) < 4.78 is 1.11. The fourth-order valence-corrected chi connectivity index (χ4v) is 3.31. The highest BCUT2D eigenvalue weighted by Gasteiger charge is 2.13. The average molecular weight is 301 g/mol. The molecule has 0 atom stereocenters. The molecule has 4 heteroatoms. The van der Waals surface area contributed by atoms with Crippen molar-refractivity contribution in [2.75, 3.05) is 29.5 Å². The summed E-state index contributed by atoms with van der Waals surface area (Å²) >= 11 is 5.55. The van der Waals surface area contributed by atoms with Gasteiger partial charge in [-0.1, -0.05) is 15.9 Å². The third-order valence-corrected chi connectivity index (χ3v) is 4.37. The molecule has 1 aromatic rings. The number of hydrogen-bond donors (Lipinski definition) is 1. The van der Waals surface area contributed by atoms with Crippen LogP contribution in [0.3, 0.4) is 0 Å². The number of anilines is 1. The topological polar surface area (TPSA) is 29.3 Å². The second-order valence-electron chi connectivity index (χ2n) is 3.93. The normalized spacial score (nSPS) is 17.2. The van der Waals surface area contributed by atoms with Crippen LogP contribution in [-0.4, -0.2) is 24.6 Å². The summed E-state index contributed by atoms with van der Waals surface area (Å²) in [6, 6.07) is 6.42. The number of nitrogens with zero attached hydrogens (tertiary/aromatic N) is 1. The van der Waals surface area contributed by atoms with Gasteiger partial charge in [0.1, 0.15) is 0 Å². The molecule has 1 heterocycles. The van der Waals surface area contributed by atoms with Gasteiger partial charge in [0.2, 0.25) is 0 Å². The number of rotatable bonds is 2. The Kier molecular flexibility index (Phi) is 4.55. The highest BCUT2D eigenvalue weighted by molar-refractivity contribution is 9.10. The molecule has 1 aliphatic rings. The molecule has 0 radical (unpaired) electrons. The minimum absolute atomic E-state index is 0.610. The molecule has 2 nitrogen and oxygen atoms in total. The van der Waals surface area contributed by atoms with Crippen molar-refractivity contribution in [2.45, 2.75) is 13.0 Å². The lowest BCUT2D eigenvalue weighted by Gasteiger charge is -2.25. The summed E-state index contributed by atoms with van der Waals surface area (Å²) in [7, 11) is 0. The lowest BCUT2D eigenvalue weighted by molar-refractivity contribution is 0.808. The lowest BCUT2D eigenvalue weighted by atomic mass is 10.1. The van der Waals surface area contributed by atoms with Crippen LogP contribution in [0.4, 0.5) is 5.69 Å². The minimum atomic E-state index is 0.610. The van der Waals surface area contributed by atoms with E-state index in [9.17, 15) is 0 Å². The van der Waals surface area contributed by atoms with Crippen molar-refractivity contribution in [1.82, 2.24) is 0 Å². The van der Waals surface area contributed by atoms with E-state index in [0.29, 0.717) is 6.54 Å². The second-order valence-corrected chi connectivity index (χ2v) is 6.07. The van der Waals surface area contributed by atoms with Crippen LogP contribution in [-0.2, 0) is 6.54 Å². The third-order valence-electron chi connectivity index (χ3n) is 2.82. The maximum absolute atomic E-state index is 5.81. The Bertz CT molecular complexity index is 349. The summed E-state index contributed by atoms with van der Waals surface area (Å²) in [4.78, 5) is 2.47. The van der Waals surface area contributed by atoms with Crippen molar-refractivity contribution in [2.24, 2.45) is 5.73 Å². The van der Waals surface area contributed by atoms with Crippen LogP contribution < -0.4 is 10.6 Å². The van der Waals surface area contributed by atoms with Crippen LogP contribution in [0.5, 0.6) is 0 Å². The monoisotopic (exact) mass is 300 g/mol. The molecule has 16 heavy (non-hydrogen) atoms. The van der Waals surface area contributed by atoms with Crippen molar-refractivity contribution in [1.29, 1.82) is 0 Å². The van der Waals surface area contributed by atoms with Crippen LogP contribution in [0.1, 0.15) is 12.0 Å². The molecule has 1 saturated heterocycles. The van der Waals surface area contributed by atoms with Crippen LogP contribution in [0.15, 0.2) is 22.7 Å². The van der Waals surface area contributed by atoms with Gasteiger partial charge in [0.25, 0.3) is 0 Å². The first-order valence-electron chi connectivity index (χ1n) is 5.62. The molecule has 0 spiro atoms. The maximum atomic E-state index is 5.81. The number of hydrogen-bond acceptors (Lipinski definition) is 3.